The molecule has 0 spiro atoms. The molecule has 0 fully saturated rings. The largest absolute Gasteiger partial charge is 0.310 e. The maximum Gasteiger partial charge on any atom is 0.226 e. The summed E-state index contributed by atoms with van der Waals surface area (Å²) in [6.45, 7) is 4.14. The summed E-state index contributed by atoms with van der Waals surface area (Å²) in [4.78, 5) is 12.3. The maximum absolute atomic E-state index is 12.3. The third-order valence-corrected chi connectivity index (χ3v) is 4.60. The zero-order valence-electron chi connectivity index (χ0n) is 13.8. The van der Waals surface area contributed by atoms with Crippen molar-refractivity contribution in [2.45, 2.75) is 26.2 Å². The fraction of sp³-hybridized carbons (Fsp3) is 0.200. The molecule has 1 aliphatic rings. The first-order valence-corrected chi connectivity index (χ1v) is 8.14. The van der Waals surface area contributed by atoms with Crippen molar-refractivity contribution in [1.29, 1.82) is 0 Å². The van der Waals surface area contributed by atoms with E-state index in [4.69, 9.17) is 0 Å². The van der Waals surface area contributed by atoms with Crippen LogP contribution in [-0.4, -0.2) is 15.7 Å². The summed E-state index contributed by atoms with van der Waals surface area (Å²) < 4.78 is 1.84. The molecule has 4 nitrogen and oxygen atoms in total. The van der Waals surface area contributed by atoms with Gasteiger partial charge in [0.2, 0.25) is 5.91 Å². The Hall–Kier alpha value is -2.88. The molecule has 0 aliphatic carbocycles. The first-order valence-electron chi connectivity index (χ1n) is 8.14. The lowest BCUT2D eigenvalue weighted by molar-refractivity contribution is -0.116. The van der Waals surface area contributed by atoms with E-state index in [0.717, 1.165) is 28.2 Å². The van der Waals surface area contributed by atoms with E-state index in [-0.39, 0.29) is 11.8 Å². The first kappa shape index (κ1) is 14.7. The van der Waals surface area contributed by atoms with Crippen LogP contribution in [0.15, 0.2) is 54.7 Å². The second-order valence-electron chi connectivity index (χ2n) is 6.37. The number of carbonyl (C=O) groups is 1. The molecule has 3 aromatic rings. The van der Waals surface area contributed by atoms with Gasteiger partial charge in [-0.3, -0.25) is 4.79 Å². The van der Waals surface area contributed by atoms with Crippen LogP contribution in [0, 0.1) is 13.8 Å². The number of hydrogen-bond acceptors (Lipinski definition) is 2. The third-order valence-electron chi connectivity index (χ3n) is 4.60. The number of nitrogens with zero attached hydrogens (tertiary/aromatic N) is 2. The summed E-state index contributed by atoms with van der Waals surface area (Å²) in [6, 6.07) is 16.4. The number of hydrogen-bond donors (Lipinski definition) is 1. The molecule has 4 heteroatoms. The van der Waals surface area contributed by atoms with Crippen LogP contribution in [0.25, 0.3) is 5.69 Å². The number of carbonyl (C=O) groups excluding carboxylic acids is 1. The SMILES string of the molecule is Cc1ccc(-n2ncc3c2NC(=O)CC3c2ccccc2)c(C)c1. The summed E-state index contributed by atoms with van der Waals surface area (Å²) in [7, 11) is 0. The highest BCUT2D eigenvalue weighted by Gasteiger charge is 2.30. The molecule has 1 amide bonds. The fourth-order valence-electron chi connectivity index (χ4n) is 3.43. The maximum atomic E-state index is 12.3. The Morgan fingerprint density at radius 1 is 1.12 bits per heavy atom. The molecule has 0 bridgehead atoms. The average Bonchev–Trinajstić information content (AvgIpc) is 2.98. The van der Waals surface area contributed by atoms with Crippen LogP contribution in [0.1, 0.15) is 34.6 Å². The van der Waals surface area contributed by atoms with Gasteiger partial charge in [-0.15, -0.1) is 0 Å². The monoisotopic (exact) mass is 317 g/mol. The first-order chi connectivity index (χ1) is 11.6. The standard InChI is InChI=1S/C20H19N3O/c1-13-8-9-18(14(2)10-13)23-20-17(12-21-23)16(11-19(24)22-20)15-6-4-3-5-7-15/h3-10,12,16H,11H2,1-2H3,(H,22,24). The molecule has 2 heterocycles. The van der Waals surface area contributed by atoms with E-state index in [9.17, 15) is 4.79 Å². The van der Waals surface area contributed by atoms with Gasteiger partial charge < -0.3 is 5.32 Å². The Balaban J connectivity index is 1.84. The molecule has 1 N–H and O–H groups in total. The van der Waals surface area contributed by atoms with Gasteiger partial charge in [-0.2, -0.15) is 5.10 Å². The Kier molecular flexibility index (Phi) is 3.45. The van der Waals surface area contributed by atoms with E-state index in [1.54, 1.807) is 0 Å². The molecular formula is C20H19N3O. The van der Waals surface area contributed by atoms with E-state index >= 15 is 0 Å². The molecule has 120 valence electrons. The number of anilines is 1. The van der Waals surface area contributed by atoms with Gasteiger partial charge in [0.1, 0.15) is 5.82 Å². The molecule has 1 unspecified atom stereocenters. The van der Waals surface area contributed by atoms with Crippen LogP contribution < -0.4 is 5.32 Å². The molecule has 2 aromatic carbocycles. The molecule has 0 radical (unpaired) electrons. The molecule has 1 aliphatic heterocycles. The second kappa shape index (κ2) is 5.64. The van der Waals surface area contributed by atoms with Crippen LogP contribution in [0.4, 0.5) is 5.82 Å². The molecule has 1 atom stereocenters. The number of rotatable bonds is 2. The smallest absolute Gasteiger partial charge is 0.226 e. The summed E-state index contributed by atoms with van der Waals surface area (Å²) in [5, 5.41) is 7.58. The average molecular weight is 317 g/mol. The minimum absolute atomic E-state index is 0.0304. The fourth-order valence-corrected chi connectivity index (χ4v) is 3.43. The molecule has 1 aromatic heterocycles. The third kappa shape index (κ3) is 2.40. The summed E-state index contributed by atoms with van der Waals surface area (Å²) in [6.07, 6.45) is 2.33. The molecular weight excluding hydrogens is 298 g/mol. The van der Waals surface area contributed by atoms with Gasteiger partial charge in [-0.05, 0) is 31.0 Å². The number of benzene rings is 2. The van der Waals surface area contributed by atoms with Gasteiger partial charge in [0, 0.05) is 17.9 Å². The van der Waals surface area contributed by atoms with Gasteiger partial charge in [0.15, 0.2) is 0 Å². The van der Waals surface area contributed by atoms with Crippen molar-refractivity contribution in [1.82, 2.24) is 9.78 Å². The normalized spacial score (nSPS) is 16.6. The van der Waals surface area contributed by atoms with Crippen molar-refractivity contribution in [2.24, 2.45) is 0 Å². The number of amides is 1. The highest BCUT2D eigenvalue weighted by Crippen LogP contribution is 2.38. The Labute approximate surface area is 141 Å². The number of aromatic nitrogens is 2. The van der Waals surface area contributed by atoms with Gasteiger partial charge >= 0.3 is 0 Å². The Morgan fingerprint density at radius 3 is 2.67 bits per heavy atom. The van der Waals surface area contributed by atoms with Crippen molar-refractivity contribution < 1.29 is 4.79 Å². The van der Waals surface area contributed by atoms with Crippen molar-refractivity contribution >= 4 is 11.7 Å². The number of aryl methyl sites for hydroxylation is 2. The van der Waals surface area contributed by atoms with Crippen LogP contribution in [-0.2, 0) is 4.79 Å². The number of fused-ring (bicyclic) bond motifs is 1. The summed E-state index contributed by atoms with van der Waals surface area (Å²) in [5.74, 6) is 0.865. The van der Waals surface area contributed by atoms with Crippen LogP contribution in [0.5, 0.6) is 0 Å². The van der Waals surface area contributed by atoms with Crippen LogP contribution in [0.3, 0.4) is 0 Å². The predicted molar refractivity (Wildman–Crippen MR) is 94.6 cm³/mol. The lowest BCUT2D eigenvalue weighted by Crippen LogP contribution is -2.24. The van der Waals surface area contributed by atoms with Gasteiger partial charge in [-0.25, -0.2) is 4.68 Å². The molecule has 24 heavy (non-hydrogen) atoms. The summed E-state index contributed by atoms with van der Waals surface area (Å²) >= 11 is 0. The molecule has 0 saturated carbocycles. The van der Waals surface area contributed by atoms with Crippen molar-refractivity contribution in [3.8, 4) is 5.69 Å². The number of nitrogens with one attached hydrogen (secondary N) is 1. The molecule has 0 saturated heterocycles. The second-order valence-corrected chi connectivity index (χ2v) is 6.37. The van der Waals surface area contributed by atoms with Crippen LogP contribution in [0.2, 0.25) is 0 Å². The van der Waals surface area contributed by atoms with Crippen molar-refractivity contribution in [2.75, 3.05) is 5.32 Å². The van der Waals surface area contributed by atoms with Crippen molar-refractivity contribution in [3.63, 3.8) is 0 Å². The van der Waals surface area contributed by atoms with E-state index < -0.39 is 0 Å². The minimum Gasteiger partial charge on any atom is -0.310 e. The highest BCUT2D eigenvalue weighted by atomic mass is 16.1. The quantitative estimate of drug-likeness (QED) is 0.777. The lowest BCUT2D eigenvalue weighted by atomic mass is 9.87. The predicted octanol–water partition coefficient (Wildman–Crippen LogP) is 3.96. The zero-order chi connectivity index (χ0) is 16.7. The Bertz CT molecular complexity index is 912. The van der Waals surface area contributed by atoms with Gasteiger partial charge in [0.25, 0.3) is 0 Å². The van der Waals surface area contributed by atoms with Gasteiger partial charge in [-0.1, -0.05) is 48.0 Å². The zero-order valence-corrected chi connectivity index (χ0v) is 13.8. The van der Waals surface area contributed by atoms with Crippen LogP contribution >= 0.6 is 0 Å². The lowest BCUT2D eigenvalue weighted by Gasteiger charge is -2.24. The Morgan fingerprint density at radius 2 is 1.92 bits per heavy atom. The topological polar surface area (TPSA) is 46.9 Å². The van der Waals surface area contributed by atoms with Crippen molar-refractivity contribution in [3.05, 3.63) is 77.0 Å². The van der Waals surface area contributed by atoms with E-state index in [2.05, 4.69) is 54.6 Å². The highest BCUT2D eigenvalue weighted by molar-refractivity contribution is 5.94. The van der Waals surface area contributed by atoms with E-state index in [0.29, 0.717) is 6.42 Å². The van der Waals surface area contributed by atoms with Gasteiger partial charge in [0.05, 0.1) is 11.9 Å². The molecule has 4 rings (SSSR count). The summed E-state index contributed by atoms with van der Waals surface area (Å²) in [5.41, 5.74) is 5.56. The van der Waals surface area contributed by atoms with E-state index in [1.165, 1.54) is 5.56 Å². The van der Waals surface area contributed by atoms with E-state index in [1.807, 2.05) is 29.1 Å². The minimum atomic E-state index is 0.0304.